The van der Waals surface area contributed by atoms with Crippen molar-refractivity contribution in [2.75, 3.05) is 26.2 Å². The maximum atomic E-state index is 13.0. The molecule has 8 nitrogen and oxygen atoms in total. The second-order valence-electron chi connectivity index (χ2n) is 10.6. The molecule has 1 atom stereocenters. The summed E-state index contributed by atoms with van der Waals surface area (Å²) in [6, 6.07) is 7.06. The van der Waals surface area contributed by atoms with Crippen molar-refractivity contribution in [3.63, 3.8) is 0 Å². The Hall–Kier alpha value is -2.74. The molecule has 0 bridgehead atoms. The van der Waals surface area contributed by atoms with Gasteiger partial charge in [0.25, 0.3) is 5.91 Å². The highest BCUT2D eigenvalue weighted by Crippen LogP contribution is 2.22. The molecule has 0 spiro atoms. The third-order valence-electron chi connectivity index (χ3n) is 6.97. The number of fused-ring (bicyclic) bond motifs is 1. The Balaban J connectivity index is 1.27. The van der Waals surface area contributed by atoms with E-state index in [0.29, 0.717) is 18.7 Å². The summed E-state index contributed by atoms with van der Waals surface area (Å²) in [5.74, 6) is 1.90. The molecule has 34 heavy (non-hydrogen) atoms. The van der Waals surface area contributed by atoms with E-state index < -0.39 is 6.04 Å². The van der Waals surface area contributed by atoms with Crippen LogP contribution in [-0.4, -0.2) is 68.6 Å². The number of benzene rings is 1. The fourth-order valence-corrected chi connectivity index (χ4v) is 4.73. The Labute approximate surface area is 202 Å². The summed E-state index contributed by atoms with van der Waals surface area (Å²) in [5.41, 5.74) is 1.78. The normalized spacial score (nSPS) is 18.2. The summed E-state index contributed by atoms with van der Waals surface area (Å²) < 4.78 is 2.29. The summed E-state index contributed by atoms with van der Waals surface area (Å²) in [5, 5.41) is 11.7. The zero-order valence-corrected chi connectivity index (χ0v) is 21.0. The molecule has 184 valence electrons. The number of hydrogen-bond acceptors (Lipinski definition) is 5. The SMILES string of the molecule is CC(NC(=O)c1ccc(C(C)(C)C)cc1)C(=O)N1CCN(Cc2nnc3n2CCCCC3)CC1. The van der Waals surface area contributed by atoms with E-state index in [1.54, 1.807) is 6.92 Å². The highest BCUT2D eigenvalue weighted by atomic mass is 16.2. The van der Waals surface area contributed by atoms with Crippen LogP contribution in [0.4, 0.5) is 0 Å². The van der Waals surface area contributed by atoms with Gasteiger partial charge in [-0.2, -0.15) is 0 Å². The molecule has 1 fully saturated rings. The predicted molar refractivity (Wildman–Crippen MR) is 132 cm³/mol. The van der Waals surface area contributed by atoms with Gasteiger partial charge < -0.3 is 14.8 Å². The minimum Gasteiger partial charge on any atom is -0.341 e. The lowest BCUT2D eigenvalue weighted by Gasteiger charge is -2.35. The van der Waals surface area contributed by atoms with Crippen LogP contribution in [0, 0.1) is 0 Å². The second kappa shape index (κ2) is 10.3. The second-order valence-corrected chi connectivity index (χ2v) is 10.6. The molecular formula is C26H38N6O2. The van der Waals surface area contributed by atoms with Gasteiger partial charge in [0.05, 0.1) is 6.54 Å². The first-order chi connectivity index (χ1) is 16.2. The first-order valence-corrected chi connectivity index (χ1v) is 12.6. The van der Waals surface area contributed by atoms with Crippen LogP contribution in [0.2, 0.25) is 0 Å². The van der Waals surface area contributed by atoms with Crippen molar-refractivity contribution >= 4 is 11.8 Å². The average molecular weight is 467 g/mol. The molecule has 1 aromatic heterocycles. The van der Waals surface area contributed by atoms with Gasteiger partial charge in [-0.3, -0.25) is 14.5 Å². The van der Waals surface area contributed by atoms with Gasteiger partial charge in [0.15, 0.2) is 0 Å². The van der Waals surface area contributed by atoms with E-state index in [1.807, 2.05) is 29.2 Å². The van der Waals surface area contributed by atoms with Crippen LogP contribution in [0.25, 0.3) is 0 Å². The number of piperazine rings is 1. The third-order valence-corrected chi connectivity index (χ3v) is 6.97. The van der Waals surface area contributed by atoms with Crippen LogP contribution in [0.5, 0.6) is 0 Å². The molecule has 4 rings (SSSR count). The standard InChI is InChI=1S/C26H38N6O2/c1-19(27-24(33)20-9-11-21(12-10-20)26(2,3)4)25(34)31-16-14-30(15-17-31)18-23-29-28-22-8-6-5-7-13-32(22)23/h9-12,19H,5-8,13-18H2,1-4H3,(H,27,33). The van der Waals surface area contributed by atoms with Gasteiger partial charge in [-0.25, -0.2) is 0 Å². The van der Waals surface area contributed by atoms with Crippen LogP contribution in [0.1, 0.15) is 74.5 Å². The molecule has 1 N–H and O–H groups in total. The van der Waals surface area contributed by atoms with Crippen molar-refractivity contribution in [1.82, 2.24) is 29.9 Å². The van der Waals surface area contributed by atoms with Gasteiger partial charge in [0.1, 0.15) is 17.7 Å². The van der Waals surface area contributed by atoms with Gasteiger partial charge in [-0.05, 0) is 42.9 Å². The van der Waals surface area contributed by atoms with Crippen molar-refractivity contribution < 1.29 is 9.59 Å². The van der Waals surface area contributed by atoms with Crippen molar-refractivity contribution in [2.24, 2.45) is 0 Å². The molecule has 2 aliphatic heterocycles. The number of amides is 2. The molecule has 2 aliphatic rings. The molecule has 2 amide bonds. The smallest absolute Gasteiger partial charge is 0.251 e. The van der Waals surface area contributed by atoms with Crippen LogP contribution in [0.15, 0.2) is 24.3 Å². The molecule has 3 heterocycles. The first-order valence-electron chi connectivity index (χ1n) is 12.6. The first kappa shape index (κ1) is 24.4. The number of nitrogens with zero attached hydrogens (tertiary/aromatic N) is 5. The molecule has 1 saturated heterocycles. The third kappa shape index (κ3) is 5.66. The van der Waals surface area contributed by atoms with Gasteiger partial charge in [-0.1, -0.05) is 39.3 Å². The monoisotopic (exact) mass is 466 g/mol. The number of carbonyl (C=O) groups excluding carboxylic acids is 2. The topological polar surface area (TPSA) is 83.4 Å². The Bertz CT molecular complexity index is 999. The van der Waals surface area contributed by atoms with Gasteiger partial charge in [-0.15, -0.1) is 10.2 Å². The van der Waals surface area contributed by atoms with E-state index in [4.69, 9.17) is 0 Å². The summed E-state index contributed by atoms with van der Waals surface area (Å²) in [4.78, 5) is 29.8. The molecule has 2 aromatic rings. The van der Waals surface area contributed by atoms with Crippen molar-refractivity contribution in [2.45, 2.75) is 77.9 Å². The average Bonchev–Trinajstić information content (AvgIpc) is 3.03. The molecule has 1 aromatic carbocycles. The van der Waals surface area contributed by atoms with Crippen molar-refractivity contribution in [3.8, 4) is 0 Å². The maximum Gasteiger partial charge on any atom is 0.251 e. The zero-order valence-electron chi connectivity index (χ0n) is 21.0. The summed E-state index contributed by atoms with van der Waals surface area (Å²) in [7, 11) is 0. The fourth-order valence-electron chi connectivity index (χ4n) is 4.73. The molecular weight excluding hydrogens is 428 g/mol. The Morgan fingerprint density at radius 2 is 1.68 bits per heavy atom. The lowest BCUT2D eigenvalue weighted by Crippen LogP contribution is -2.54. The largest absolute Gasteiger partial charge is 0.341 e. The van der Waals surface area contributed by atoms with E-state index in [2.05, 4.69) is 45.8 Å². The molecule has 0 aliphatic carbocycles. The number of carbonyl (C=O) groups is 2. The highest BCUT2D eigenvalue weighted by molar-refractivity contribution is 5.97. The molecule has 8 heteroatoms. The van der Waals surface area contributed by atoms with E-state index in [0.717, 1.165) is 44.2 Å². The van der Waals surface area contributed by atoms with Crippen LogP contribution < -0.4 is 5.32 Å². The maximum absolute atomic E-state index is 13.0. The lowest BCUT2D eigenvalue weighted by atomic mass is 9.86. The van der Waals surface area contributed by atoms with E-state index in [-0.39, 0.29) is 17.2 Å². The quantitative estimate of drug-likeness (QED) is 0.733. The van der Waals surface area contributed by atoms with Crippen LogP contribution >= 0.6 is 0 Å². The van der Waals surface area contributed by atoms with Crippen LogP contribution in [0.3, 0.4) is 0 Å². The van der Waals surface area contributed by atoms with Crippen LogP contribution in [-0.2, 0) is 29.7 Å². The Morgan fingerprint density at radius 1 is 0.971 bits per heavy atom. The van der Waals surface area contributed by atoms with Crippen molar-refractivity contribution in [3.05, 3.63) is 47.0 Å². The molecule has 0 saturated carbocycles. The minimum absolute atomic E-state index is 0.0318. The Kier molecular flexibility index (Phi) is 7.36. The number of hydrogen-bond donors (Lipinski definition) is 1. The predicted octanol–water partition coefficient (Wildman–Crippen LogP) is 2.76. The minimum atomic E-state index is -0.561. The van der Waals surface area contributed by atoms with E-state index >= 15 is 0 Å². The summed E-state index contributed by atoms with van der Waals surface area (Å²) in [6.07, 6.45) is 4.64. The lowest BCUT2D eigenvalue weighted by molar-refractivity contribution is -0.134. The fraction of sp³-hybridized carbons (Fsp3) is 0.615. The van der Waals surface area contributed by atoms with Gasteiger partial charge in [0, 0.05) is 44.7 Å². The zero-order chi connectivity index (χ0) is 24.3. The van der Waals surface area contributed by atoms with E-state index in [1.165, 1.54) is 24.8 Å². The number of rotatable bonds is 5. The number of nitrogens with one attached hydrogen (secondary N) is 1. The van der Waals surface area contributed by atoms with Gasteiger partial charge >= 0.3 is 0 Å². The van der Waals surface area contributed by atoms with Gasteiger partial charge in [0.2, 0.25) is 5.91 Å². The Morgan fingerprint density at radius 3 is 2.35 bits per heavy atom. The number of aromatic nitrogens is 3. The number of aryl methyl sites for hydroxylation is 1. The van der Waals surface area contributed by atoms with Crippen molar-refractivity contribution in [1.29, 1.82) is 0 Å². The molecule has 1 unspecified atom stereocenters. The molecule has 0 radical (unpaired) electrons. The highest BCUT2D eigenvalue weighted by Gasteiger charge is 2.27. The summed E-state index contributed by atoms with van der Waals surface area (Å²) in [6.45, 7) is 12.9. The summed E-state index contributed by atoms with van der Waals surface area (Å²) >= 11 is 0. The van der Waals surface area contributed by atoms with E-state index in [9.17, 15) is 9.59 Å².